The normalized spacial score (nSPS) is 15.7. The van der Waals surface area contributed by atoms with Gasteiger partial charge in [-0.05, 0) is 38.8 Å². The number of nitrogens with zero attached hydrogens (tertiary/aromatic N) is 3. The number of anilines is 2. The summed E-state index contributed by atoms with van der Waals surface area (Å²) in [5.41, 5.74) is 1.39. The molecule has 1 saturated carbocycles. The Morgan fingerprint density at radius 2 is 2.00 bits per heavy atom. The third kappa shape index (κ3) is 5.06. The number of carbonyl (C=O) groups is 1. The molecular formula is C19H21F2N5O. The van der Waals surface area contributed by atoms with E-state index in [1.807, 2.05) is 6.92 Å². The zero-order chi connectivity index (χ0) is 19.4. The number of aryl methyl sites for hydroxylation is 1. The Morgan fingerprint density at radius 1 is 1.26 bits per heavy atom. The molecule has 0 amide bonds. The zero-order valence-electron chi connectivity index (χ0n) is 15.2. The lowest BCUT2D eigenvalue weighted by molar-refractivity contribution is -0.120. The number of amidine groups is 1. The van der Waals surface area contributed by atoms with E-state index in [0.717, 1.165) is 25.0 Å². The molecule has 0 unspecified atom stereocenters. The number of hydrogen-bond acceptors (Lipinski definition) is 5. The average Bonchev–Trinajstić information content (AvgIpc) is 2.62. The topological polar surface area (TPSA) is 79.3 Å². The summed E-state index contributed by atoms with van der Waals surface area (Å²) in [5, 5.41) is 6.29. The number of aliphatic imine (C=N–C) groups is 1. The predicted molar refractivity (Wildman–Crippen MR) is 100 cm³/mol. The van der Waals surface area contributed by atoms with Crippen LogP contribution in [0.3, 0.4) is 0 Å². The van der Waals surface area contributed by atoms with Crippen LogP contribution in [0, 0.1) is 18.6 Å². The van der Waals surface area contributed by atoms with Crippen LogP contribution >= 0.6 is 0 Å². The second-order valence-corrected chi connectivity index (χ2v) is 6.57. The summed E-state index contributed by atoms with van der Waals surface area (Å²) >= 11 is 0. The van der Waals surface area contributed by atoms with E-state index in [9.17, 15) is 13.6 Å². The minimum atomic E-state index is -0.727. The second kappa shape index (κ2) is 8.20. The summed E-state index contributed by atoms with van der Waals surface area (Å²) in [6.07, 6.45) is 4.38. The van der Waals surface area contributed by atoms with Crippen LogP contribution in [0.15, 0.2) is 29.4 Å². The van der Waals surface area contributed by atoms with Gasteiger partial charge in [0.25, 0.3) is 0 Å². The molecule has 3 rings (SSSR count). The van der Waals surface area contributed by atoms with Gasteiger partial charge in [-0.25, -0.2) is 23.7 Å². The molecule has 27 heavy (non-hydrogen) atoms. The molecule has 1 aromatic carbocycles. The lowest BCUT2D eigenvalue weighted by Crippen LogP contribution is -2.27. The highest BCUT2D eigenvalue weighted by atomic mass is 19.1. The van der Waals surface area contributed by atoms with Crippen molar-refractivity contribution < 1.29 is 13.6 Å². The Bertz CT molecular complexity index is 874. The molecule has 8 heteroatoms. The number of aromatic nitrogens is 2. The zero-order valence-corrected chi connectivity index (χ0v) is 15.2. The standard InChI is InChI=1S/C19H21F2N5O/c1-11-18(25-12(2)24-17-8-3-13(20)9-16(17)21)10-22-19(23-11)26-14-4-6-15(27)7-5-14/h3,8-10,14H,4-7H2,1-2H3,(H,24,25)(H,22,23,26). The molecular weight excluding hydrogens is 352 g/mol. The van der Waals surface area contributed by atoms with Crippen molar-refractivity contribution in [2.24, 2.45) is 4.99 Å². The van der Waals surface area contributed by atoms with Crippen molar-refractivity contribution in [2.45, 2.75) is 45.6 Å². The number of rotatable bonds is 4. The Morgan fingerprint density at radius 3 is 2.67 bits per heavy atom. The smallest absolute Gasteiger partial charge is 0.223 e. The number of carbonyl (C=O) groups excluding carboxylic acids is 1. The fourth-order valence-corrected chi connectivity index (χ4v) is 2.90. The summed E-state index contributed by atoms with van der Waals surface area (Å²) in [4.78, 5) is 24.2. The Labute approximate surface area is 156 Å². The van der Waals surface area contributed by atoms with Crippen LogP contribution in [0.25, 0.3) is 0 Å². The fourth-order valence-electron chi connectivity index (χ4n) is 2.90. The Kier molecular flexibility index (Phi) is 5.73. The van der Waals surface area contributed by atoms with E-state index >= 15 is 0 Å². The number of benzene rings is 1. The first-order valence-corrected chi connectivity index (χ1v) is 8.80. The monoisotopic (exact) mass is 373 g/mol. The number of halogens is 2. The maximum atomic E-state index is 13.7. The van der Waals surface area contributed by atoms with Gasteiger partial charge in [-0.15, -0.1) is 0 Å². The highest BCUT2D eigenvalue weighted by Crippen LogP contribution is 2.21. The van der Waals surface area contributed by atoms with Gasteiger partial charge in [0.15, 0.2) is 5.82 Å². The summed E-state index contributed by atoms with van der Waals surface area (Å²) in [7, 11) is 0. The molecule has 1 heterocycles. The molecule has 142 valence electrons. The average molecular weight is 373 g/mol. The quantitative estimate of drug-likeness (QED) is 0.622. The lowest BCUT2D eigenvalue weighted by Gasteiger charge is -2.22. The first kappa shape index (κ1) is 18.9. The van der Waals surface area contributed by atoms with Gasteiger partial charge in [-0.1, -0.05) is 0 Å². The van der Waals surface area contributed by atoms with E-state index in [-0.39, 0.29) is 11.7 Å². The molecule has 1 fully saturated rings. The predicted octanol–water partition coefficient (Wildman–Crippen LogP) is 4.15. The van der Waals surface area contributed by atoms with Crippen molar-refractivity contribution in [2.75, 3.05) is 10.6 Å². The summed E-state index contributed by atoms with van der Waals surface area (Å²) < 4.78 is 26.7. The van der Waals surface area contributed by atoms with Crippen molar-refractivity contribution in [1.82, 2.24) is 9.97 Å². The maximum absolute atomic E-state index is 13.7. The number of ketones is 1. The van der Waals surface area contributed by atoms with Crippen molar-refractivity contribution in [3.05, 3.63) is 41.7 Å². The van der Waals surface area contributed by atoms with Crippen LogP contribution in [0.2, 0.25) is 0 Å². The molecule has 0 bridgehead atoms. The minimum absolute atomic E-state index is 0.0464. The van der Waals surface area contributed by atoms with Gasteiger partial charge in [0, 0.05) is 24.9 Å². The molecule has 0 atom stereocenters. The largest absolute Gasteiger partial charge is 0.351 e. The van der Waals surface area contributed by atoms with E-state index in [2.05, 4.69) is 25.6 Å². The van der Waals surface area contributed by atoms with Gasteiger partial charge in [0.2, 0.25) is 5.95 Å². The van der Waals surface area contributed by atoms with Crippen molar-refractivity contribution in [3.63, 3.8) is 0 Å². The molecule has 2 aromatic rings. The van der Waals surface area contributed by atoms with E-state index in [1.165, 1.54) is 6.07 Å². The van der Waals surface area contributed by atoms with E-state index in [0.29, 0.717) is 41.8 Å². The first-order chi connectivity index (χ1) is 12.9. The van der Waals surface area contributed by atoms with Crippen molar-refractivity contribution in [3.8, 4) is 0 Å². The van der Waals surface area contributed by atoms with Crippen LogP contribution in [0.4, 0.5) is 26.1 Å². The SMILES string of the molecule is CC(=Nc1ccc(F)cc1F)Nc1cnc(NC2CCC(=O)CC2)nc1C. The third-order valence-electron chi connectivity index (χ3n) is 4.37. The molecule has 0 radical (unpaired) electrons. The molecule has 6 nitrogen and oxygen atoms in total. The lowest BCUT2D eigenvalue weighted by atomic mass is 9.94. The van der Waals surface area contributed by atoms with Crippen molar-refractivity contribution in [1.29, 1.82) is 0 Å². The fraction of sp³-hybridized carbons (Fsp3) is 0.368. The number of nitrogens with one attached hydrogen (secondary N) is 2. The molecule has 2 N–H and O–H groups in total. The van der Waals surface area contributed by atoms with Gasteiger partial charge >= 0.3 is 0 Å². The van der Waals surface area contributed by atoms with Gasteiger partial charge in [-0.2, -0.15) is 0 Å². The van der Waals surface area contributed by atoms with Crippen LogP contribution < -0.4 is 10.6 Å². The minimum Gasteiger partial charge on any atom is -0.351 e. The van der Waals surface area contributed by atoms with E-state index in [4.69, 9.17) is 0 Å². The Hall–Kier alpha value is -2.90. The van der Waals surface area contributed by atoms with Crippen LogP contribution in [0.1, 0.15) is 38.3 Å². The molecule has 1 aliphatic carbocycles. The second-order valence-electron chi connectivity index (χ2n) is 6.57. The molecule has 1 aliphatic rings. The summed E-state index contributed by atoms with van der Waals surface area (Å²) in [6.45, 7) is 3.50. The van der Waals surface area contributed by atoms with E-state index < -0.39 is 11.6 Å². The molecule has 0 aliphatic heterocycles. The van der Waals surface area contributed by atoms with Crippen LogP contribution in [-0.4, -0.2) is 27.6 Å². The molecule has 0 spiro atoms. The van der Waals surface area contributed by atoms with Gasteiger partial charge in [0.05, 0.1) is 17.6 Å². The highest BCUT2D eigenvalue weighted by Gasteiger charge is 2.19. The summed E-state index contributed by atoms with van der Waals surface area (Å²) in [6, 6.07) is 3.43. The van der Waals surface area contributed by atoms with Gasteiger partial charge in [0.1, 0.15) is 23.1 Å². The van der Waals surface area contributed by atoms with Crippen LogP contribution in [0.5, 0.6) is 0 Å². The highest BCUT2D eigenvalue weighted by molar-refractivity contribution is 5.95. The van der Waals surface area contributed by atoms with Crippen LogP contribution in [-0.2, 0) is 4.79 Å². The van der Waals surface area contributed by atoms with E-state index in [1.54, 1.807) is 13.1 Å². The van der Waals surface area contributed by atoms with Crippen molar-refractivity contribution >= 4 is 28.9 Å². The third-order valence-corrected chi connectivity index (χ3v) is 4.37. The first-order valence-electron chi connectivity index (χ1n) is 8.80. The van der Waals surface area contributed by atoms with Gasteiger partial charge in [-0.3, -0.25) is 4.79 Å². The Balaban J connectivity index is 1.66. The molecule has 0 saturated heterocycles. The number of hydrogen-bond donors (Lipinski definition) is 2. The number of Topliss-reactive ketones (excluding diaryl/α,β-unsaturated/α-hetero) is 1. The van der Waals surface area contributed by atoms with Gasteiger partial charge < -0.3 is 10.6 Å². The molecule has 1 aromatic heterocycles. The maximum Gasteiger partial charge on any atom is 0.223 e. The summed E-state index contributed by atoms with van der Waals surface area (Å²) in [5.74, 6) is -0.131.